The Morgan fingerprint density at radius 1 is 1.00 bits per heavy atom. The smallest absolute Gasteiger partial charge is 0.226 e. The molecule has 2 rings (SSSR count). The predicted octanol–water partition coefficient (Wildman–Crippen LogP) is 4.84. The molecule has 0 aliphatic rings. The van der Waals surface area contributed by atoms with Crippen LogP contribution in [0.1, 0.15) is 39.7 Å². The van der Waals surface area contributed by atoms with Gasteiger partial charge in [-0.3, -0.25) is 4.79 Å². The highest BCUT2D eigenvalue weighted by atomic mass is 16.1. The molecule has 2 aromatic rings. The Balaban J connectivity index is 1.99. The van der Waals surface area contributed by atoms with Crippen LogP contribution >= 0.6 is 0 Å². The molecule has 2 aromatic carbocycles. The molecular weight excluding hydrogens is 296 g/mol. The number of hydrogen-bond acceptors (Lipinski definition) is 2. The number of carbonyl (C=O) groups is 1. The van der Waals surface area contributed by atoms with Crippen LogP contribution < -0.4 is 10.2 Å². The van der Waals surface area contributed by atoms with Crippen LogP contribution in [0, 0.1) is 0 Å². The number of para-hydroxylation sites is 2. The van der Waals surface area contributed by atoms with Gasteiger partial charge < -0.3 is 10.2 Å². The summed E-state index contributed by atoms with van der Waals surface area (Å²) >= 11 is 0. The van der Waals surface area contributed by atoms with Gasteiger partial charge in [-0.25, -0.2) is 0 Å². The molecule has 24 heavy (non-hydrogen) atoms. The minimum atomic E-state index is 0.00334. The van der Waals surface area contributed by atoms with Crippen LogP contribution in [0.5, 0.6) is 0 Å². The maximum atomic E-state index is 12.4. The summed E-state index contributed by atoms with van der Waals surface area (Å²) < 4.78 is 0. The summed E-state index contributed by atoms with van der Waals surface area (Å²) in [6.45, 7) is 10.2. The van der Waals surface area contributed by atoms with Gasteiger partial charge in [0.25, 0.3) is 0 Å². The van der Waals surface area contributed by atoms with Gasteiger partial charge in [0.05, 0.1) is 0 Å². The molecule has 0 bridgehead atoms. The van der Waals surface area contributed by atoms with E-state index in [1.54, 1.807) is 0 Å². The Labute approximate surface area is 145 Å². The average Bonchev–Trinajstić information content (AvgIpc) is 2.56. The molecule has 0 saturated carbocycles. The molecule has 0 fully saturated rings. The summed E-state index contributed by atoms with van der Waals surface area (Å²) in [5.74, 6) is 0.0566. The van der Waals surface area contributed by atoms with E-state index in [1.165, 1.54) is 0 Å². The Kier molecular flexibility index (Phi) is 6.02. The lowest BCUT2D eigenvalue weighted by atomic mass is 9.86. The summed E-state index contributed by atoms with van der Waals surface area (Å²) in [6, 6.07) is 18.3. The number of nitrogens with one attached hydrogen (secondary N) is 1. The lowest BCUT2D eigenvalue weighted by molar-refractivity contribution is -0.116. The maximum Gasteiger partial charge on any atom is 0.226 e. The van der Waals surface area contributed by atoms with Gasteiger partial charge in [0.2, 0.25) is 5.91 Å². The maximum absolute atomic E-state index is 12.4. The molecule has 1 N–H and O–H groups in total. The molecule has 128 valence electrons. The van der Waals surface area contributed by atoms with Crippen molar-refractivity contribution in [2.24, 2.45) is 0 Å². The zero-order valence-corrected chi connectivity index (χ0v) is 15.2. The molecule has 0 unspecified atom stereocenters. The van der Waals surface area contributed by atoms with Crippen LogP contribution in [0.25, 0.3) is 0 Å². The molecular formula is C21H28N2O. The number of anilines is 2. The fraction of sp³-hybridized carbons (Fsp3) is 0.381. The van der Waals surface area contributed by atoms with E-state index in [0.717, 1.165) is 23.5 Å². The Morgan fingerprint density at radius 3 is 2.25 bits per heavy atom. The summed E-state index contributed by atoms with van der Waals surface area (Å²) in [5, 5.41) is 3.08. The number of hydrogen-bond donors (Lipinski definition) is 1. The average molecular weight is 324 g/mol. The van der Waals surface area contributed by atoms with E-state index in [1.807, 2.05) is 36.4 Å². The summed E-state index contributed by atoms with van der Waals surface area (Å²) in [6.07, 6.45) is 0.473. The zero-order chi connectivity index (χ0) is 17.6. The largest absolute Gasteiger partial charge is 0.371 e. The van der Waals surface area contributed by atoms with E-state index in [4.69, 9.17) is 0 Å². The Bertz CT molecular complexity index is 659. The highest BCUT2D eigenvalue weighted by molar-refractivity contribution is 5.92. The summed E-state index contributed by atoms with van der Waals surface area (Å²) in [5.41, 5.74) is 3.23. The highest BCUT2D eigenvalue weighted by Gasteiger charge is 2.18. The van der Waals surface area contributed by atoms with Crippen LogP contribution in [0.2, 0.25) is 0 Å². The standard InChI is InChI=1S/C21H28N2O/c1-5-23(17-11-7-6-8-12-17)16-15-20(24)22-19-14-10-9-13-18(19)21(2,3)4/h6-14H,5,15-16H2,1-4H3,(H,22,24). The molecule has 0 aliphatic heterocycles. The van der Waals surface area contributed by atoms with Gasteiger partial charge in [-0.2, -0.15) is 0 Å². The first-order chi connectivity index (χ1) is 11.4. The summed E-state index contributed by atoms with van der Waals surface area (Å²) in [4.78, 5) is 14.6. The van der Waals surface area contributed by atoms with Gasteiger partial charge >= 0.3 is 0 Å². The van der Waals surface area contributed by atoms with Crippen molar-refractivity contribution in [3.63, 3.8) is 0 Å². The Morgan fingerprint density at radius 2 is 1.62 bits per heavy atom. The molecule has 1 amide bonds. The third-order valence-corrected chi connectivity index (χ3v) is 4.12. The molecule has 0 saturated heterocycles. The van der Waals surface area contributed by atoms with Crippen LogP contribution in [-0.2, 0) is 10.2 Å². The first-order valence-corrected chi connectivity index (χ1v) is 8.61. The lowest BCUT2D eigenvalue weighted by Gasteiger charge is -2.24. The van der Waals surface area contributed by atoms with Gasteiger partial charge in [-0.15, -0.1) is 0 Å². The molecule has 3 nitrogen and oxygen atoms in total. The molecule has 0 aliphatic carbocycles. The second kappa shape index (κ2) is 8.00. The van der Waals surface area contributed by atoms with Crippen molar-refractivity contribution in [3.8, 4) is 0 Å². The molecule has 0 radical (unpaired) electrons. The second-order valence-electron chi connectivity index (χ2n) is 7.01. The topological polar surface area (TPSA) is 32.3 Å². The minimum Gasteiger partial charge on any atom is -0.371 e. The van der Waals surface area contributed by atoms with Crippen molar-refractivity contribution in [2.75, 3.05) is 23.3 Å². The SMILES string of the molecule is CCN(CCC(=O)Nc1ccccc1C(C)(C)C)c1ccccc1. The van der Waals surface area contributed by atoms with E-state index in [0.29, 0.717) is 13.0 Å². The van der Waals surface area contributed by atoms with Crippen LogP contribution in [0.3, 0.4) is 0 Å². The third-order valence-electron chi connectivity index (χ3n) is 4.12. The quantitative estimate of drug-likeness (QED) is 0.824. The van der Waals surface area contributed by atoms with Gasteiger partial charge in [-0.05, 0) is 36.1 Å². The minimum absolute atomic E-state index is 0.00334. The van der Waals surface area contributed by atoms with Crippen LogP contribution in [0.15, 0.2) is 54.6 Å². The van der Waals surface area contributed by atoms with Crippen molar-refractivity contribution < 1.29 is 4.79 Å². The lowest BCUT2D eigenvalue weighted by Crippen LogP contribution is -2.28. The Hall–Kier alpha value is -2.29. The fourth-order valence-electron chi connectivity index (χ4n) is 2.80. The molecule has 3 heteroatoms. The second-order valence-corrected chi connectivity index (χ2v) is 7.01. The number of rotatable bonds is 6. The predicted molar refractivity (Wildman–Crippen MR) is 103 cm³/mol. The van der Waals surface area contributed by atoms with Gasteiger partial charge in [0.15, 0.2) is 0 Å². The molecule has 0 heterocycles. The van der Waals surface area contributed by atoms with Crippen molar-refractivity contribution in [1.29, 1.82) is 0 Å². The van der Waals surface area contributed by atoms with E-state index in [-0.39, 0.29) is 11.3 Å². The first-order valence-electron chi connectivity index (χ1n) is 8.61. The van der Waals surface area contributed by atoms with E-state index >= 15 is 0 Å². The van der Waals surface area contributed by atoms with E-state index < -0.39 is 0 Å². The monoisotopic (exact) mass is 324 g/mol. The number of nitrogens with zero attached hydrogens (tertiary/aromatic N) is 1. The van der Waals surface area contributed by atoms with Gasteiger partial charge in [-0.1, -0.05) is 57.2 Å². The van der Waals surface area contributed by atoms with E-state index in [9.17, 15) is 4.79 Å². The van der Waals surface area contributed by atoms with Crippen molar-refractivity contribution in [3.05, 3.63) is 60.2 Å². The number of carbonyl (C=O) groups excluding carboxylic acids is 1. The first kappa shape index (κ1) is 18.1. The normalized spacial score (nSPS) is 11.2. The van der Waals surface area contributed by atoms with Gasteiger partial charge in [0.1, 0.15) is 0 Å². The van der Waals surface area contributed by atoms with Crippen LogP contribution in [0.4, 0.5) is 11.4 Å². The molecule has 0 spiro atoms. The van der Waals surface area contributed by atoms with Crippen LogP contribution in [-0.4, -0.2) is 19.0 Å². The summed E-state index contributed by atoms with van der Waals surface area (Å²) in [7, 11) is 0. The number of benzene rings is 2. The molecule has 0 atom stereocenters. The zero-order valence-electron chi connectivity index (χ0n) is 15.2. The molecule has 0 aromatic heterocycles. The third kappa shape index (κ3) is 4.85. The van der Waals surface area contributed by atoms with E-state index in [2.05, 4.69) is 56.1 Å². The van der Waals surface area contributed by atoms with Crippen molar-refractivity contribution >= 4 is 17.3 Å². The fourth-order valence-corrected chi connectivity index (χ4v) is 2.80. The highest BCUT2D eigenvalue weighted by Crippen LogP contribution is 2.29. The van der Waals surface area contributed by atoms with Gasteiger partial charge in [0, 0.05) is 30.9 Å². The van der Waals surface area contributed by atoms with Crippen molar-refractivity contribution in [1.82, 2.24) is 0 Å². The number of amides is 1. The van der Waals surface area contributed by atoms with Crippen molar-refractivity contribution in [2.45, 2.75) is 39.5 Å².